The Hall–Kier alpha value is 5.04. The van der Waals surface area contributed by atoms with Gasteiger partial charge in [-0.25, -0.2) is 0 Å². The van der Waals surface area contributed by atoms with Crippen LogP contribution in [0.3, 0.4) is 0 Å². The molecule has 0 saturated carbocycles. The zero-order valence-electron chi connectivity index (χ0n) is 56.9. The van der Waals surface area contributed by atoms with Crippen molar-refractivity contribution in [2.75, 3.05) is 26.4 Å². The number of rotatable bonds is 56. The molecule has 536 valence electrons. The second-order valence-electron chi connectivity index (χ2n) is 22.0. The van der Waals surface area contributed by atoms with Gasteiger partial charge in [-0.15, -0.1) is 0 Å². The van der Waals surface area contributed by atoms with E-state index in [2.05, 4.69) is 45.8 Å². The van der Waals surface area contributed by atoms with E-state index < -0.39 is 83.1 Å². The third-order valence-corrected chi connectivity index (χ3v) is 27.3. The van der Waals surface area contributed by atoms with E-state index >= 15 is 0 Å². The Bertz CT molecular complexity index is 1780. The maximum Gasteiger partial charge on any atom is 1.00 e. The van der Waals surface area contributed by atoms with E-state index in [1.165, 1.54) is 154 Å². The van der Waals surface area contributed by atoms with Crippen LogP contribution in [-0.4, -0.2) is 108 Å². The molecule has 0 heterocycles. The predicted molar refractivity (Wildman–Crippen MR) is 334 cm³/mol. The first-order valence-electron chi connectivity index (χ1n) is 31.6. The van der Waals surface area contributed by atoms with Crippen LogP contribution >= 0.6 is 60.8 Å². The molecule has 0 radical (unpaired) electrons. The molecule has 0 aliphatic heterocycles. The number of hydrogen-bond acceptors (Lipinski definition) is 20. The Morgan fingerprint density at radius 1 is 0.228 bits per heavy atom. The van der Waals surface area contributed by atoms with E-state index in [0.29, 0.717) is 25.7 Å². The molecule has 0 fully saturated rings. The van der Waals surface area contributed by atoms with Gasteiger partial charge in [0.25, 0.3) is 0 Å². The first-order valence-corrected chi connectivity index (χ1v) is 44.8. The van der Waals surface area contributed by atoms with Gasteiger partial charge in [-0.3, -0.25) is 18.3 Å². The van der Waals surface area contributed by atoms with Crippen molar-refractivity contribution in [2.45, 2.75) is 307 Å². The Kier molecular flexibility index (Phi) is 83.3. The van der Waals surface area contributed by atoms with Crippen LogP contribution in [0.25, 0.3) is 0 Å². The minimum absolute atomic E-state index is 0. The van der Waals surface area contributed by atoms with Gasteiger partial charge in [-0.05, 0) is 25.7 Å². The molecule has 40 heteroatoms. The normalized spacial score (nSPS) is 15.7. The van der Waals surface area contributed by atoms with Crippen molar-refractivity contribution in [3.63, 3.8) is 0 Å². The van der Waals surface area contributed by atoms with Crippen LogP contribution in [0.2, 0.25) is 0 Å². The summed E-state index contributed by atoms with van der Waals surface area (Å²) in [5.41, 5.74) is -11.1. The predicted octanol–water partition coefficient (Wildman–Crippen LogP) is -0.260. The van der Waals surface area contributed by atoms with Crippen LogP contribution in [0.5, 0.6) is 0 Å². The van der Waals surface area contributed by atoms with Crippen LogP contribution < -0.4 is 138 Å². The summed E-state index contributed by atoms with van der Waals surface area (Å²) in [5, 5.41) is 36.0. The van der Waals surface area contributed by atoms with Gasteiger partial charge in [0.05, 0.1) is 26.4 Å². The first-order chi connectivity index (χ1) is 40.9. The topological polar surface area (TPSA) is 508 Å². The van der Waals surface area contributed by atoms with Crippen molar-refractivity contribution in [3.8, 4) is 0 Å². The quantitative estimate of drug-likeness (QED) is 0.0212. The van der Waals surface area contributed by atoms with Crippen LogP contribution in [0.15, 0.2) is 0 Å². The summed E-state index contributed by atoms with van der Waals surface area (Å²) in [6.07, 6.45) is 43.2. The zero-order chi connectivity index (χ0) is 68.3. The molecule has 8 unspecified atom stereocenters. The average Bonchev–Trinajstić information content (AvgIpc) is 1.11. The second-order valence-corrected chi connectivity index (χ2v) is 37.6. The average molecular weight is 1530 g/mol. The SMILES string of the molecule is CCCCCCCCCCCCOP(=O)([O-])C(O)P(=O)(O)O.CCCCCCCCCCCCOP(=O)([O-])C(O)P(=O)(O)O.CCCCCCCCCCCCOP(=O)([O-])C(O)P(=O)(O)O.CCCCCCCCCCCCOP(=O)([O-])C(O)P(=O)(O)O.[Na+].[Na+].[Na+].[Na+]. The van der Waals surface area contributed by atoms with Crippen molar-refractivity contribution >= 4 is 60.8 Å². The molecule has 0 aromatic heterocycles. The number of aliphatic hydroxyl groups excluding tert-OH is 4. The van der Waals surface area contributed by atoms with E-state index in [1.54, 1.807) is 0 Å². The smallest absolute Gasteiger partial charge is 0.776 e. The molecule has 92 heavy (non-hydrogen) atoms. The fraction of sp³-hybridized carbons (Fsp3) is 1.00. The number of unbranched alkanes of at least 4 members (excludes halogenated alkanes) is 36. The molecule has 0 aliphatic rings. The van der Waals surface area contributed by atoms with Crippen LogP contribution in [-0.2, 0) is 54.6 Å². The summed E-state index contributed by atoms with van der Waals surface area (Å²) >= 11 is 0. The molecular formula is C52H116Na4O28P8. The third-order valence-electron chi connectivity index (χ3n) is 13.4. The molecule has 0 aromatic carbocycles. The molecule has 0 amide bonds. The fourth-order valence-corrected chi connectivity index (χ4v) is 16.9. The van der Waals surface area contributed by atoms with Crippen molar-refractivity contribution < 1.29 is 252 Å². The third kappa shape index (κ3) is 70.7. The van der Waals surface area contributed by atoms with Gasteiger partial charge in [0.1, 0.15) is 0 Å². The molecule has 0 saturated heterocycles. The largest absolute Gasteiger partial charge is 1.00 e. The van der Waals surface area contributed by atoms with Crippen molar-refractivity contribution in [3.05, 3.63) is 0 Å². The van der Waals surface area contributed by atoms with E-state index in [1.807, 2.05) is 0 Å². The van der Waals surface area contributed by atoms with Crippen molar-refractivity contribution in [2.24, 2.45) is 0 Å². The van der Waals surface area contributed by atoms with Gasteiger partial charge in [0.15, 0.2) is 30.4 Å². The summed E-state index contributed by atoms with van der Waals surface area (Å²) in [4.78, 5) is 114. The molecular weight excluding hydrogens is 1410 g/mol. The van der Waals surface area contributed by atoms with Gasteiger partial charge in [-0.1, -0.05) is 259 Å². The van der Waals surface area contributed by atoms with Crippen LogP contribution in [0.1, 0.15) is 285 Å². The monoisotopic (exact) mass is 1530 g/mol. The minimum atomic E-state index is -5.11. The maximum absolute atomic E-state index is 11.3. The van der Waals surface area contributed by atoms with Crippen molar-refractivity contribution in [1.29, 1.82) is 0 Å². The molecule has 0 rings (SSSR count). The molecule has 8 atom stereocenters. The summed E-state index contributed by atoms with van der Waals surface area (Å²) in [7, 11) is -40.2. The molecule has 0 spiro atoms. The minimum Gasteiger partial charge on any atom is -0.776 e. The van der Waals surface area contributed by atoms with Gasteiger partial charge in [-0.2, -0.15) is 0 Å². The van der Waals surface area contributed by atoms with Gasteiger partial charge in [0.2, 0.25) is 22.3 Å². The molecule has 0 bridgehead atoms. The van der Waals surface area contributed by atoms with Gasteiger partial charge in [0, 0.05) is 0 Å². The Labute approximate surface area is 639 Å². The second kappa shape index (κ2) is 67.9. The molecule has 28 nitrogen and oxygen atoms in total. The number of aliphatic hydroxyl groups is 4. The summed E-state index contributed by atoms with van der Waals surface area (Å²) in [5.74, 6) is 0. The Morgan fingerprint density at radius 3 is 0.424 bits per heavy atom. The van der Waals surface area contributed by atoms with Gasteiger partial charge < -0.3 is 116 Å². The van der Waals surface area contributed by atoms with E-state index in [9.17, 15) is 56.1 Å². The van der Waals surface area contributed by atoms with Crippen molar-refractivity contribution in [1.82, 2.24) is 0 Å². The molecule has 0 aliphatic carbocycles. The van der Waals surface area contributed by atoms with Gasteiger partial charge >= 0.3 is 149 Å². The first kappa shape index (κ1) is 113. The van der Waals surface area contributed by atoms with E-state index in [4.69, 9.17) is 59.6 Å². The number of hydrogen-bond donors (Lipinski definition) is 12. The summed E-state index contributed by atoms with van der Waals surface area (Å²) in [6, 6.07) is 0. The Balaban J connectivity index is -0.000000168. The fourth-order valence-electron chi connectivity index (χ4n) is 8.13. The van der Waals surface area contributed by atoms with E-state index in [-0.39, 0.29) is 145 Å². The summed E-state index contributed by atoms with van der Waals surface area (Å²) in [6.45, 7) is 8.10. The molecule has 12 N–H and O–H groups in total. The molecule has 0 aromatic rings. The zero-order valence-corrected chi connectivity index (χ0v) is 72.1. The summed E-state index contributed by atoms with van der Waals surface area (Å²) < 4.78 is 106. The van der Waals surface area contributed by atoms with Crippen LogP contribution in [0, 0.1) is 0 Å². The standard InChI is InChI=1S/4C13H30O7P2.4Na/c4*1-2-3-4-5-6-7-8-9-10-11-12-20-22(18,19)13(14)21(15,16)17;;;;/h4*13-14H,2-12H2,1H3,(H,18,19)(H2,15,16,17);;;;/q;;;;4*+1/p-4. The Morgan fingerprint density at radius 2 is 0.326 bits per heavy atom. The van der Waals surface area contributed by atoms with E-state index in [0.717, 1.165) is 77.0 Å². The van der Waals surface area contributed by atoms with Crippen LogP contribution in [0.4, 0.5) is 0 Å². The maximum atomic E-state index is 11.3.